The SMILES string of the molecule is FC1CN=C(I)NC1. The highest BCUT2D eigenvalue weighted by Gasteiger charge is 2.10. The van der Waals surface area contributed by atoms with Crippen LogP contribution in [0.2, 0.25) is 0 Å². The van der Waals surface area contributed by atoms with Gasteiger partial charge in [-0.15, -0.1) is 0 Å². The molecule has 0 aromatic heterocycles. The van der Waals surface area contributed by atoms with Crippen molar-refractivity contribution in [2.75, 3.05) is 13.1 Å². The standard InChI is InChI=1S/C4H6FIN2/c5-3-1-7-4(6)8-2-3/h3H,1-2H2,(H,7,8). The third-order valence-corrected chi connectivity index (χ3v) is 1.62. The first-order valence-corrected chi connectivity index (χ1v) is 3.45. The van der Waals surface area contributed by atoms with E-state index in [1.54, 1.807) is 0 Å². The van der Waals surface area contributed by atoms with Gasteiger partial charge in [-0.2, -0.15) is 0 Å². The van der Waals surface area contributed by atoms with Crippen LogP contribution < -0.4 is 5.32 Å². The van der Waals surface area contributed by atoms with Crippen LogP contribution in [0, 0.1) is 0 Å². The average Bonchev–Trinajstić information content (AvgIpc) is 1.77. The summed E-state index contributed by atoms with van der Waals surface area (Å²) in [5.74, 6) is 0. The number of aliphatic imine (C=N–C) groups is 1. The summed E-state index contributed by atoms with van der Waals surface area (Å²) in [5, 5.41) is 2.79. The van der Waals surface area contributed by atoms with Gasteiger partial charge in [-0.25, -0.2) is 4.39 Å². The fourth-order valence-corrected chi connectivity index (χ4v) is 0.912. The van der Waals surface area contributed by atoms with Gasteiger partial charge in [0.2, 0.25) is 0 Å². The second kappa shape index (κ2) is 2.61. The zero-order valence-electron chi connectivity index (χ0n) is 4.19. The average molecular weight is 228 g/mol. The van der Waals surface area contributed by atoms with E-state index in [9.17, 15) is 4.39 Å². The van der Waals surface area contributed by atoms with Crippen LogP contribution in [0.5, 0.6) is 0 Å². The topological polar surface area (TPSA) is 24.4 Å². The van der Waals surface area contributed by atoms with Gasteiger partial charge in [0, 0.05) is 6.54 Å². The highest BCUT2D eigenvalue weighted by Crippen LogP contribution is 1.99. The molecule has 0 aliphatic carbocycles. The molecule has 0 aromatic carbocycles. The minimum atomic E-state index is -0.784. The minimum absolute atomic E-state index is 0.325. The number of nitrogens with zero attached hydrogens (tertiary/aromatic N) is 1. The van der Waals surface area contributed by atoms with E-state index in [0.717, 1.165) is 3.84 Å². The highest BCUT2D eigenvalue weighted by molar-refractivity contribution is 14.1. The first kappa shape index (κ1) is 6.25. The Morgan fingerprint density at radius 1 is 1.88 bits per heavy atom. The van der Waals surface area contributed by atoms with Crippen molar-refractivity contribution in [1.82, 2.24) is 5.32 Å². The Morgan fingerprint density at radius 3 is 3.00 bits per heavy atom. The summed E-state index contributed by atoms with van der Waals surface area (Å²) < 4.78 is 13.0. The molecule has 8 heavy (non-hydrogen) atoms. The molecule has 1 heterocycles. The number of nitrogens with one attached hydrogen (secondary N) is 1. The first-order chi connectivity index (χ1) is 3.79. The fraction of sp³-hybridized carbons (Fsp3) is 0.750. The molecule has 0 saturated heterocycles. The lowest BCUT2D eigenvalue weighted by molar-refractivity contribution is 0.334. The predicted molar refractivity (Wildman–Crippen MR) is 39.2 cm³/mol. The molecular formula is C4H6FIN2. The van der Waals surface area contributed by atoms with Crippen LogP contribution in [0.4, 0.5) is 4.39 Å². The zero-order chi connectivity index (χ0) is 5.98. The van der Waals surface area contributed by atoms with Crippen LogP contribution in [-0.2, 0) is 0 Å². The van der Waals surface area contributed by atoms with E-state index in [0.29, 0.717) is 13.1 Å². The smallest absolute Gasteiger partial charge is 0.160 e. The van der Waals surface area contributed by atoms with Crippen molar-refractivity contribution in [3.05, 3.63) is 0 Å². The number of hydrogen-bond donors (Lipinski definition) is 1. The number of amidine groups is 1. The summed E-state index contributed by atoms with van der Waals surface area (Å²) in [4.78, 5) is 3.83. The molecule has 0 bridgehead atoms. The summed E-state index contributed by atoms with van der Waals surface area (Å²) in [6, 6.07) is 0. The molecule has 1 aliphatic heterocycles. The number of alkyl halides is 1. The van der Waals surface area contributed by atoms with E-state index >= 15 is 0 Å². The lowest BCUT2D eigenvalue weighted by Crippen LogP contribution is -2.33. The summed E-state index contributed by atoms with van der Waals surface area (Å²) in [6.45, 7) is 0.743. The zero-order valence-corrected chi connectivity index (χ0v) is 6.35. The Balaban J connectivity index is 2.42. The van der Waals surface area contributed by atoms with Crippen LogP contribution >= 0.6 is 22.6 Å². The Kier molecular flexibility index (Phi) is 2.04. The van der Waals surface area contributed by atoms with Crippen LogP contribution in [0.1, 0.15) is 0 Å². The molecule has 1 N–H and O–H groups in total. The molecular weight excluding hydrogens is 222 g/mol. The summed E-state index contributed by atoms with van der Waals surface area (Å²) in [7, 11) is 0. The van der Waals surface area contributed by atoms with Crippen molar-refractivity contribution in [3.63, 3.8) is 0 Å². The Morgan fingerprint density at radius 2 is 2.62 bits per heavy atom. The lowest BCUT2D eigenvalue weighted by atomic mass is 10.4. The van der Waals surface area contributed by atoms with Crippen molar-refractivity contribution in [2.24, 2.45) is 4.99 Å². The maximum atomic E-state index is 12.2. The number of rotatable bonds is 0. The Hall–Kier alpha value is 0.130. The molecule has 2 nitrogen and oxygen atoms in total. The van der Waals surface area contributed by atoms with Crippen molar-refractivity contribution in [3.8, 4) is 0 Å². The summed E-state index contributed by atoms with van der Waals surface area (Å²) in [5.41, 5.74) is 0. The van der Waals surface area contributed by atoms with E-state index < -0.39 is 6.17 Å². The monoisotopic (exact) mass is 228 g/mol. The molecule has 4 heteroatoms. The molecule has 0 amide bonds. The Labute approximate surface area is 60.7 Å². The van der Waals surface area contributed by atoms with E-state index in [2.05, 4.69) is 10.3 Å². The van der Waals surface area contributed by atoms with E-state index in [-0.39, 0.29) is 0 Å². The van der Waals surface area contributed by atoms with Gasteiger partial charge < -0.3 is 5.32 Å². The summed E-state index contributed by atoms with van der Waals surface area (Å²) >= 11 is 2.04. The van der Waals surface area contributed by atoms with Gasteiger partial charge in [0.1, 0.15) is 6.17 Å². The van der Waals surface area contributed by atoms with E-state index in [1.165, 1.54) is 0 Å². The van der Waals surface area contributed by atoms with Gasteiger partial charge in [0.25, 0.3) is 0 Å². The Bertz CT molecular complexity index is 115. The molecule has 1 unspecified atom stereocenters. The molecule has 0 radical (unpaired) electrons. The molecule has 46 valence electrons. The van der Waals surface area contributed by atoms with Crippen molar-refractivity contribution in [1.29, 1.82) is 0 Å². The van der Waals surface area contributed by atoms with Gasteiger partial charge in [0.15, 0.2) is 3.84 Å². The van der Waals surface area contributed by atoms with E-state index in [4.69, 9.17) is 0 Å². The number of hydrogen-bond acceptors (Lipinski definition) is 2. The molecule has 0 fully saturated rings. The fourth-order valence-electron chi connectivity index (χ4n) is 0.495. The first-order valence-electron chi connectivity index (χ1n) is 2.37. The minimum Gasteiger partial charge on any atom is -0.362 e. The lowest BCUT2D eigenvalue weighted by Gasteiger charge is -2.12. The van der Waals surface area contributed by atoms with E-state index in [1.807, 2.05) is 22.6 Å². The van der Waals surface area contributed by atoms with Crippen LogP contribution in [0.25, 0.3) is 0 Å². The normalized spacial score (nSPS) is 28.8. The van der Waals surface area contributed by atoms with Gasteiger partial charge in [-0.05, 0) is 22.6 Å². The predicted octanol–water partition coefficient (Wildman–Crippen LogP) is 0.719. The number of halogens is 2. The van der Waals surface area contributed by atoms with Crippen LogP contribution in [0.15, 0.2) is 4.99 Å². The molecule has 0 aromatic rings. The molecule has 1 rings (SSSR count). The van der Waals surface area contributed by atoms with Gasteiger partial charge >= 0.3 is 0 Å². The van der Waals surface area contributed by atoms with Gasteiger partial charge in [-0.3, -0.25) is 4.99 Å². The van der Waals surface area contributed by atoms with Crippen molar-refractivity contribution >= 4 is 26.4 Å². The second-order valence-electron chi connectivity index (χ2n) is 1.61. The maximum absolute atomic E-state index is 12.2. The second-order valence-corrected chi connectivity index (χ2v) is 2.63. The van der Waals surface area contributed by atoms with Gasteiger partial charge in [0.05, 0.1) is 6.54 Å². The van der Waals surface area contributed by atoms with Crippen molar-refractivity contribution in [2.45, 2.75) is 6.17 Å². The molecule has 0 spiro atoms. The van der Waals surface area contributed by atoms with Crippen molar-refractivity contribution < 1.29 is 4.39 Å². The third-order valence-electron chi connectivity index (χ3n) is 0.898. The van der Waals surface area contributed by atoms with Crippen LogP contribution in [-0.4, -0.2) is 23.1 Å². The summed E-state index contributed by atoms with van der Waals surface area (Å²) in [6.07, 6.45) is -0.784. The largest absolute Gasteiger partial charge is 0.362 e. The molecule has 1 aliphatic rings. The third kappa shape index (κ3) is 1.57. The molecule has 0 saturated carbocycles. The quantitative estimate of drug-likeness (QED) is 0.479. The van der Waals surface area contributed by atoms with Crippen LogP contribution in [0.3, 0.4) is 0 Å². The molecule has 1 atom stereocenters. The van der Waals surface area contributed by atoms with Gasteiger partial charge in [-0.1, -0.05) is 0 Å². The maximum Gasteiger partial charge on any atom is 0.160 e. The highest BCUT2D eigenvalue weighted by atomic mass is 127.